The molecular formula is C22H19NO3S. The highest BCUT2D eigenvalue weighted by Gasteiger charge is 2.19. The Morgan fingerprint density at radius 3 is 2.74 bits per heavy atom. The van der Waals surface area contributed by atoms with E-state index in [1.165, 1.54) is 0 Å². The Hall–Kier alpha value is -3.05. The molecule has 0 radical (unpaired) electrons. The van der Waals surface area contributed by atoms with E-state index in [1.54, 1.807) is 24.7 Å². The summed E-state index contributed by atoms with van der Waals surface area (Å²) >= 11 is 1.64. The first-order valence-electron chi connectivity index (χ1n) is 8.66. The van der Waals surface area contributed by atoms with Crippen LogP contribution in [-0.4, -0.2) is 13.0 Å². The first-order valence-corrected chi connectivity index (χ1v) is 9.54. The number of thiophene rings is 1. The first kappa shape index (κ1) is 17.4. The van der Waals surface area contributed by atoms with Gasteiger partial charge in [0.1, 0.15) is 11.3 Å². The highest BCUT2D eigenvalue weighted by molar-refractivity contribution is 7.10. The number of rotatable bonds is 6. The van der Waals surface area contributed by atoms with E-state index in [0.29, 0.717) is 0 Å². The molecule has 0 bridgehead atoms. The maximum Gasteiger partial charge on any atom is 0.225 e. The van der Waals surface area contributed by atoms with Crippen molar-refractivity contribution in [2.75, 3.05) is 7.11 Å². The normalized spacial score (nSPS) is 12.0. The highest BCUT2D eigenvalue weighted by atomic mass is 32.1. The summed E-state index contributed by atoms with van der Waals surface area (Å²) in [7, 11) is 1.62. The number of fused-ring (bicyclic) bond motifs is 1. The summed E-state index contributed by atoms with van der Waals surface area (Å²) in [6.45, 7) is 0. The highest BCUT2D eigenvalue weighted by Crippen LogP contribution is 2.28. The summed E-state index contributed by atoms with van der Waals surface area (Å²) in [6.07, 6.45) is 1.90. The predicted molar refractivity (Wildman–Crippen MR) is 107 cm³/mol. The Bertz CT molecular complexity index is 1040. The van der Waals surface area contributed by atoms with Gasteiger partial charge in [-0.15, -0.1) is 11.3 Å². The molecule has 27 heavy (non-hydrogen) atoms. The first-order chi connectivity index (χ1) is 13.2. The largest absolute Gasteiger partial charge is 0.497 e. The van der Waals surface area contributed by atoms with E-state index in [1.807, 2.05) is 66.0 Å². The Balaban J connectivity index is 1.55. The average Bonchev–Trinajstić information content (AvgIpc) is 3.37. The third kappa shape index (κ3) is 3.73. The van der Waals surface area contributed by atoms with E-state index in [2.05, 4.69) is 5.32 Å². The van der Waals surface area contributed by atoms with Crippen LogP contribution >= 0.6 is 11.3 Å². The Morgan fingerprint density at radius 1 is 1.15 bits per heavy atom. The topological polar surface area (TPSA) is 51.5 Å². The summed E-state index contributed by atoms with van der Waals surface area (Å²) < 4.78 is 10.8. The molecule has 0 spiro atoms. The Kier molecular flexibility index (Phi) is 4.94. The third-order valence-corrected chi connectivity index (χ3v) is 5.42. The molecule has 0 aliphatic carbocycles. The molecule has 0 unspecified atom stereocenters. The summed E-state index contributed by atoms with van der Waals surface area (Å²) in [5.74, 6) is 0.686. The number of methoxy groups -OCH3 is 1. The van der Waals surface area contributed by atoms with Gasteiger partial charge in [-0.05, 0) is 29.1 Å². The van der Waals surface area contributed by atoms with Crippen molar-refractivity contribution in [1.82, 2.24) is 5.32 Å². The third-order valence-electron chi connectivity index (χ3n) is 4.48. The fourth-order valence-corrected chi connectivity index (χ4v) is 3.93. The minimum atomic E-state index is -0.156. The Labute approximate surface area is 161 Å². The zero-order chi connectivity index (χ0) is 18.6. The quantitative estimate of drug-likeness (QED) is 0.517. The second-order valence-electron chi connectivity index (χ2n) is 6.23. The van der Waals surface area contributed by atoms with E-state index < -0.39 is 0 Å². The molecular weight excluding hydrogens is 358 g/mol. The molecule has 0 saturated heterocycles. The van der Waals surface area contributed by atoms with Crippen molar-refractivity contribution in [1.29, 1.82) is 0 Å². The molecule has 2 heterocycles. The van der Waals surface area contributed by atoms with E-state index >= 15 is 0 Å². The van der Waals surface area contributed by atoms with Gasteiger partial charge in [-0.1, -0.05) is 36.4 Å². The van der Waals surface area contributed by atoms with Crippen molar-refractivity contribution in [2.24, 2.45) is 0 Å². The number of hydrogen-bond acceptors (Lipinski definition) is 4. The zero-order valence-corrected chi connectivity index (χ0v) is 15.7. The van der Waals surface area contributed by atoms with Gasteiger partial charge in [-0.2, -0.15) is 0 Å². The second-order valence-corrected chi connectivity index (χ2v) is 7.21. The number of amides is 1. The van der Waals surface area contributed by atoms with Crippen molar-refractivity contribution in [3.05, 3.63) is 88.3 Å². The number of furan rings is 1. The van der Waals surface area contributed by atoms with Crippen LogP contribution in [0.3, 0.4) is 0 Å². The van der Waals surface area contributed by atoms with Crippen LogP contribution in [0.2, 0.25) is 0 Å². The molecule has 0 aliphatic heterocycles. The fraction of sp³-hybridized carbons (Fsp3) is 0.136. The van der Waals surface area contributed by atoms with Crippen LogP contribution in [0, 0.1) is 0 Å². The molecule has 5 heteroatoms. The van der Waals surface area contributed by atoms with Crippen molar-refractivity contribution < 1.29 is 13.9 Å². The molecule has 1 atom stereocenters. The van der Waals surface area contributed by atoms with E-state index in [0.717, 1.165) is 32.7 Å². The molecule has 2 aromatic heterocycles. The number of carbonyl (C=O) groups excluding carboxylic acids is 1. The average molecular weight is 377 g/mol. The van der Waals surface area contributed by atoms with E-state index in [4.69, 9.17) is 9.15 Å². The molecule has 4 rings (SSSR count). The van der Waals surface area contributed by atoms with E-state index in [-0.39, 0.29) is 18.4 Å². The molecule has 4 nitrogen and oxygen atoms in total. The lowest BCUT2D eigenvalue weighted by Crippen LogP contribution is -2.30. The summed E-state index contributed by atoms with van der Waals surface area (Å²) in [5.41, 5.74) is 2.65. The van der Waals surface area contributed by atoms with Crippen LogP contribution in [-0.2, 0) is 11.2 Å². The van der Waals surface area contributed by atoms with Crippen LogP contribution in [0.4, 0.5) is 0 Å². The minimum Gasteiger partial charge on any atom is -0.497 e. The molecule has 1 N–H and O–H groups in total. The van der Waals surface area contributed by atoms with Gasteiger partial charge in [0.05, 0.1) is 25.8 Å². The lowest BCUT2D eigenvalue weighted by atomic mass is 10.0. The maximum absolute atomic E-state index is 12.8. The van der Waals surface area contributed by atoms with Crippen molar-refractivity contribution in [2.45, 2.75) is 12.5 Å². The van der Waals surface area contributed by atoms with Gasteiger partial charge in [-0.25, -0.2) is 0 Å². The molecule has 0 saturated carbocycles. The molecule has 1 amide bonds. The van der Waals surface area contributed by atoms with Crippen molar-refractivity contribution in [3.8, 4) is 5.75 Å². The summed E-state index contributed by atoms with van der Waals surface area (Å²) in [6, 6.07) is 19.5. The number of carbonyl (C=O) groups is 1. The van der Waals surface area contributed by atoms with Gasteiger partial charge in [0, 0.05) is 21.9 Å². The molecule has 2 aromatic carbocycles. The Morgan fingerprint density at radius 2 is 2.00 bits per heavy atom. The molecule has 0 fully saturated rings. The lowest BCUT2D eigenvalue weighted by Gasteiger charge is -2.18. The molecule has 0 aliphatic rings. The maximum atomic E-state index is 12.8. The second kappa shape index (κ2) is 7.68. The number of hydrogen-bond donors (Lipinski definition) is 1. The number of nitrogens with one attached hydrogen (secondary N) is 1. The van der Waals surface area contributed by atoms with Crippen LogP contribution in [0.15, 0.2) is 76.7 Å². The fourth-order valence-electron chi connectivity index (χ4n) is 3.13. The molecule has 4 aromatic rings. The van der Waals surface area contributed by atoms with Gasteiger partial charge in [0.25, 0.3) is 0 Å². The predicted octanol–water partition coefficient (Wildman–Crippen LogP) is 4.95. The van der Waals surface area contributed by atoms with Crippen LogP contribution in [0.25, 0.3) is 11.0 Å². The standard InChI is InChI=1S/C22H19NO3S/c1-25-17-9-10-18-16(14-26-19(18)13-17)12-21(24)23-22(20-8-5-11-27-20)15-6-3-2-4-7-15/h2-11,13-14,22H,12H2,1H3,(H,23,24)/t22-/m1/s1. The number of benzene rings is 2. The van der Waals surface area contributed by atoms with Crippen molar-refractivity contribution >= 4 is 28.2 Å². The van der Waals surface area contributed by atoms with Gasteiger partial charge in [0.2, 0.25) is 5.91 Å². The van der Waals surface area contributed by atoms with Gasteiger partial charge < -0.3 is 14.5 Å². The summed E-state index contributed by atoms with van der Waals surface area (Å²) in [5, 5.41) is 6.12. The van der Waals surface area contributed by atoms with Gasteiger partial charge in [0.15, 0.2) is 0 Å². The van der Waals surface area contributed by atoms with Crippen LogP contribution < -0.4 is 10.1 Å². The summed E-state index contributed by atoms with van der Waals surface area (Å²) in [4.78, 5) is 13.9. The van der Waals surface area contributed by atoms with Crippen molar-refractivity contribution in [3.63, 3.8) is 0 Å². The molecule has 136 valence electrons. The van der Waals surface area contributed by atoms with Crippen LogP contribution in [0.5, 0.6) is 5.75 Å². The number of ether oxygens (including phenoxy) is 1. The monoisotopic (exact) mass is 377 g/mol. The smallest absolute Gasteiger partial charge is 0.225 e. The minimum absolute atomic E-state index is 0.0456. The van der Waals surface area contributed by atoms with Crippen LogP contribution in [0.1, 0.15) is 22.0 Å². The van der Waals surface area contributed by atoms with Gasteiger partial charge in [-0.3, -0.25) is 4.79 Å². The SMILES string of the molecule is COc1ccc2c(CC(=O)N[C@H](c3ccccc3)c3cccs3)coc2c1. The van der Waals surface area contributed by atoms with Gasteiger partial charge >= 0.3 is 0 Å². The zero-order valence-electron chi connectivity index (χ0n) is 14.8. The van der Waals surface area contributed by atoms with E-state index in [9.17, 15) is 4.79 Å². The lowest BCUT2D eigenvalue weighted by molar-refractivity contribution is -0.120.